The highest BCUT2D eigenvalue weighted by Gasteiger charge is 2.25. The van der Waals surface area contributed by atoms with Gasteiger partial charge in [-0.25, -0.2) is 9.78 Å². The average Bonchev–Trinajstić information content (AvgIpc) is 2.99. The molecule has 9 heteroatoms. The quantitative estimate of drug-likeness (QED) is 0.557. The molecule has 0 radical (unpaired) electrons. The molecule has 0 saturated heterocycles. The van der Waals surface area contributed by atoms with Crippen molar-refractivity contribution < 1.29 is 5.11 Å². The van der Waals surface area contributed by atoms with Crippen LogP contribution in [0.4, 0.5) is 11.6 Å². The van der Waals surface area contributed by atoms with E-state index in [1.165, 1.54) is 0 Å². The number of fused-ring (bicyclic) bond motifs is 1. The van der Waals surface area contributed by atoms with Crippen LogP contribution in [0.25, 0.3) is 11.2 Å². The summed E-state index contributed by atoms with van der Waals surface area (Å²) < 4.78 is 1.67. The summed E-state index contributed by atoms with van der Waals surface area (Å²) in [5, 5.41) is 12.2. The second-order valence-corrected chi connectivity index (χ2v) is 6.63. The Balaban J connectivity index is 1.68. The number of hydrogen-bond acceptors (Lipinski definition) is 6. The summed E-state index contributed by atoms with van der Waals surface area (Å²) in [4.78, 5) is 38.2. The predicted molar refractivity (Wildman–Crippen MR) is 96.6 cm³/mol. The number of anilines is 2. The second-order valence-electron chi connectivity index (χ2n) is 6.63. The van der Waals surface area contributed by atoms with Crippen LogP contribution in [0.15, 0.2) is 34.1 Å². The molecule has 3 aromatic rings. The van der Waals surface area contributed by atoms with Gasteiger partial charge in [0.1, 0.15) is 11.2 Å². The Morgan fingerprint density at radius 1 is 1.27 bits per heavy atom. The van der Waals surface area contributed by atoms with Crippen molar-refractivity contribution in [2.45, 2.75) is 31.7 Å². The van der Waals surface area contributed by atoms with Gasteiger partial charge in [-0.2, -0.15) is 4.98 Å². The number of rotatable bonds is 4. The molecular formula is C17H20N6O3. The fraction of sp³-hybridized carbons (Fsp3) is 0.412. The van der Waals surface area contributed by atoms with E-state index in [2.05, 4.69) is 25.3 Å². The molecule has 3 heterocycles. The van der Waals surface area contributed by atoms with E-state index in [0.29, 0.717) is 22.8 Å². The lowest BCUT2D eigenvalue weighted by Gasteiger charge is -2.27. The number of nitrogens with zero attached hydrogens (tertiary/aromatic N) is 3. The third-order valence-corrected chi connectivity index (χ3v) is 4.96. The van der Waals surface area contributed by atoms with Gasteiger partial charge in [0.05, 0.1) is 6.20 Å². The maximum absolute atomic E-state index is 12.4. The first-order valence-electron chi connectivity index (χ1n) is 8.68. The maximum Gasteiger partial charge on any atom is 0.327 e. The zero-order chi connectivity index (χ0) is 18.1. The maximum atomic E-state index is 12.4. The van der Waals surface area contributed by atoms with Crippen LogP contribution in [0.3, 0.4) is 0 Å². The number of nitrogens with one attached hydrogen (secondary N) is 3. The van der Waals surface area contributed by atoms with Crippen molar-refractivity contribution in [3.8, 4) is 0 Å². The van der Waals surface area contributed by atoms with Crippen molar-refractivity contribution in [2.24, 2.45) is 5.92 Å². The minimum absolute atomic E-state index is 0.0435. The molecule has 0 spiro atoms. The standard InChI is InChI=1S/C17H20N6O3/c24-9-10-3-5-11(6-4-10)23-14-13(21-17(23)26)8-19-16(22-14)20-12-2-1-7-18-15(12)25/h1-2,7-8,10-11,24H,3-6,9H2,(H,18,25)(H,21,26)(H,19,20,22). The van der Waals surface area contributed by atoms with E-state index in [1.54, 1.807) is 29.1 Å². The van der Waals surface area contributed by atoms with E-state index in [0.717, 1.165) is 25.7 Å². The van der Waals surface area contributed by atoms with E-state index in [4.69, 9.17) is 0 Å². The van der Waals surface area contributed by atoms with Crippen LogP contribution in [0.1, 0.15) is 31.7 Å². The van der Waals surface area contributed by atoms with E-state index >= 15 is 0 Å². The fourth-order valence-electron chi connectivity index (χ4n) is 3.54. The van der Waals surface area contributed by atoms with E-state index in [9.17, 15) is 14.7 Å². The molecule has 4 rings (SSSR count). The van der Waals surface area contributed by atoms with Gasteiger partial charge in [-0.15, -0.1) is 0 Å². The topological polar surface area (TPSA) is 129 Å². The normalized spacial score (nSPS) is 20.3. The summed E-state index contributed by atoms with van der Waals surface area (Å²) in [6.07, 6.45) is 6.50. The predicted octanol–water partition coefficient (Wildman–Crippen LogP) is 1.28. The van der Waals surface area contributed by atoms with Crippen molar-refractivity contribution in [1.29, 1.82) is 0 Å². The van der Waals surface area contributed by atoms with E-state index in [1.807, 2.05) is 0 Å². The molecule has 3 aromatic heterocycles. The molecule has 1 aliphatic rings. The van der Waals surface area contributed by atoms with Gasteiger partial charge in [0.2, 0.25) is 5.95 Å². The number of pyridine rings is 1. The van der Waals surface area contributed by atoms with Crippen LogP contribution in [0, 0.1) is 5.92 Å². The highest BCUT2D eigenvalue weighted by Crippen LogP contribution is 2.32. The number of H-pyrrole nitrogens is 2. The monoisotopic (exact) mass is 356 g/mol. The molecule has 26 heavy (non-hydrogen) atoms. The van der Waals surface area contributed by atoms with Gasteiger partial charge in [-0.1, -0.05) is 0 Å². The molecule has 1 fully saturated rings. The molecule has 0 aromatic carbocycles. The van der Waals surface area contributed by atoms with Crippen molar-refractivity contribution in [2.75, 3.05) is 11.9 Å². The molecule has 0 atom stereocenters. The molecule has 9 nitrogen and oxygen atoms in total. The molecule has 136 valence electrons. The van der Waals surface area contributed by atoms with Crippen LogP contribution < -0.4 is 16.6 Å². The summed E-state index contributed by atoms with van der Waals surface area (Å²) in [5.41, 5.74) is 0.931. The lowest BCUT2D eigenvalue weighted by atomic mass is 9.86. The third kappa shape index (κ3) is 3.01. The number of aliphatic hydroxyl groups is 1. The molecule has 1 aliphatic carbocycles. The molecular weight excluding hydrogens is 336 g/mol. The molecule has 0 bridgehead atoms. The van der Waals surface area contributed by atoms with Crippen molar-refractivity contribution in [3.63, 3.8) is 0 Å². The Morgan fingerprint density at radius 3 is 2.81 bits per heavy atom. The molecule has 4 N–H and O–H groups in total. The summed E-state index contributed by atoms with van der Waals surface area (Å²) >= 11 is 0. The number of imidazole rings is 1. The number of hydrogen-bond donors (Lipinski definition) is 4. The minimum Gasteiger partial charge on any atom is -0.396 e. The van der Waals surface area contributed by atoms with Crippen LogP contribution in [0.5, 0.6) is 0 Å². The SMILES string of the molecule is O=c1[nH]cccc1Nc1ncc2[nH]c(=O)n(C3CCC(CO)CC3)c2n1. The van der Waals surface area contributed by atoms with E-state index in [-0.39, 0.29) is 29.8 Å². The average molecular weight is 356 g/mol. The second kappa shape index (κ2) is 6.75. The zero-order valence-electron chi connectivity index (χ0n) is 14.1. The number of aliphatic hydroxyl groups excluding tert-OH is 1. The Bertz CT molecular complexity index is 1030. The van der Waals surface area contributed by atoms with Gasteiger partial charge < -0.3 is 20.4 Å². The first-order chi connectivity index (χ1) is 12.7. The third-order valence-electron chi connectivity index (χ3n) is 4.96. The summed E-state index contributed by atoms with van der Waals surface area (Å²) in [7, 11) is 0. The Kier molecular flexibility index (Phi) is 4.29. The lowest BCUT2D eigenvalue weighted by Crippen LogP contribution is -2.27. The minimum atomic E-state index is -0.273. The molecule has 1 saturated carbocycles. The molecule has 0 unspecified atom stereocenters. The summed E-state index contributed by atoms with van der Waals surface area (Å²) in [6.45, 7) is 0.192. The lowest BCUT2D eigenvalue weighted by molar-refractivity contribution is 0.169. The van der Waals surface area contributed by atoms with Crippen molar-refractivity contribution in [1.82, 2.24) is 24.5 Å². The Labute approximate surface area is 148 Å². The largest absolute Gasteiger partial charge is 0.396 e. The van der Waals surface area contributed by atoms with Crippen LogP contribution in [-0.4, -0.2) is 36.2 Å². The van der Waals surface area contributed by atoms with Crippen molar-refractivity contribution in [3.05, 3.63) is 45.4 Å². The van der Waals surface area contributed by atoms with Gasteiger partial charge in [0.15, 0.2) is 5.65 Å². The highest BCUT2D eigenvalue weighted by atomic mass is 16.3. The van der Waals surface area contributed by atoms with Gasteiger partial charge in [0.25, 0.3) is 5.56 Å². The fourth-order valence-corrected chi connectivity index (χ4v) is 3.54. The van der Waals surface area contributed by atoms with Gasteiger partial charge in [-0.05, 0) is 43.7 Å². The van der Waals surface area contributed by atoms with Crippen LogP contribution >= 0.6 is 0 Å². The van der Waals surface area contributed by atoms with Gasteiger partial charge in [-0.3, -0.25) is 9.36 Å². The van der Waals surface area contributed by atoms with E-state index < -0.39 is 0 Å². The summed E-state index contributed by atoms with van der Waals surface area (Å²) in [6, 6.07) is 3.38. The van der Waals surface area contributed by atoms with Gasteiger partial charge >= 0.3 is 5.69 Å². The van der Waals surface area contributed by atoms with Crippen molar-refractivity contribution >= 4 is 22.8 Å². The Morgan fingerprint density at radius 2 is 2.08 bits per heavy atom. The number of aromatic amines is 2. The zero-order valence-corrected chi connectivity index (χ0v) is 14.1. The highest BCUT2D eigenvalue weighted by molar-refractivity contribution is 5.71. The number of aromatic nitrogens is 5. The van der Waals surface area contributed by atoms with Gasteiger partial charge in [0, 0.05) is 18.8 Å². The first-order valence-corrected chi connectivity index (χ1v) is 8.68. The smallest absolute Gasteiger partial charge is 0.327 e. The molecule has 0 aliphatic heterocycles. The molecule has 0 amide bonds. The van der Waals surface area contributed by atoms with Crippen LogP contribution in [0.2, 0.25) is 0 Å². The Hall–Kier alpha value is -2.94. The first kappa shape index (κ1) is 16.5. The summed E-state index contributed by atoms with van der Waals surface area (Å²) in [5.74, 6) is 0.565. The van der Waals surface area contributed by atoms with Crippen LogP contribution in [-0.2, 0) is 0 Å².